The van der Waals surface area contributed by atoms with Gasteiger partial charge in [-0.1, -0.05) is 19.9 Å². The number of hydrogen-bond donors (Lipinski definition) is 1. The summed E-state index contributed by atoms with van der Waals surface area (Å²) in [4.78, 5) is 11.7. The highest BCUT2D eigenvalue weighted by molar-refractivity contribution is 5.68. The summed E-state index contributed by atoms with van der Waals surface area (Å²) < 4.78 is 16.7. The van der Waals surface area contributed by atoms with Crippen LogP contribution < -0.4 is 14.8 Å². The Labute approximate surface area is 145 Å². The van der Waals surface area contributed by atoms with Crippen molar-refractivity contribution in [1.29, 1.82) is 0 Å². The van der Waals surface area contributed by atoms with E-state index in [1.165, 1.54) is 0 Å². The van der Waals surface area contributed by atoms with Crippen molar-refractivity contribution >= 4 is 6.09 Å². The summed E-state index contributed by atoms with van der Waals surface area (Å²) in [6, 6.07) is 5.87. The Kier molecular flexibility index (Phi) is 8.44. The lowest BCUT2D eigenvalue weighted by molar-refractivity contribution is 0.139. The average Bonchev–Trinajstić information content (AvgIpc) is 2.50. The largest absolute Gasteiger partial charge is 0.490 e. The highest BCUT2D eigenvalue weighted by Crippen LogP contribution is 2.29. The molecule has 5 heteroatoms. The fraction of sp³-hybridized carbons (Fsp3) is 0.632. The van der Waals surface area contributed by atoms with Gasteiger partial charge in [-0.05, 0) is 51.3 Å². The van der Waals surface area contributed by atoms with Crippen molar-refractivity contribution in [2.75, 3.05) is 19.8 Å². The van der Waals surface area contributed by atoms with Gasteiger partial charge in [0.25, 0.3) is 0 Å². The Hall–Kier alpha value is -1.91. The SMILES string of the molecule is CCCOc1ccc(CCOC(=O)NC(C)(C)C)cc1OCCC. The highest BCUT2D eigenvalue weighted by atomic mass is 16.5. The maximum atomic E-state index is 11.7. The lowest BCUT2D eigenvalue weighted by Gasteiger charge is -2.20. The fourth-order valence-electron chi connectivity index (χ4n) is 1.97. The highest BCUT2D eigenvalue weighted by Gasteiger charge is 2.14. The predicted molar refractivity (Wildman–Crippen MR) is 96.0 cm³/mol. The Morgan fingerprint density at radius 1 is 1.00 bits per heavy atom. The minimum Gasteiger partial charge on any atom is -0.490 e. The number of hydrogen-bond acceptors (Lipinski definition) is 4. The van der Waals surface area contributed by atoms with Crippen molar-refractivity contribution in [2.24, 2.45) is 0 Å². The van der Waals surface area contributed by atoms with Crippen molar-refractivity contribution in [1.82, 2.24) is 5.32 Å². The van der Waals surface area contributed by atoms with Gasteiger partial charge in [0.2, 0.25) is 0 Å². The molecule has 5 nitrogen and oxygen atoms in total. The van der Waals surface area contributed by atoms with Gasteiger partial charge in [-0.25, -0.2) is 4.79 Å². The number of ether oxygens (including phenoxy) is 3. The quantitative estimate of drug-likeness (QED) is 0.728. The first-order valence-corrected chi connectivity index (χ1v) is 8.69. The predicted octanol–water partition coefficient (Wildman–Crippen LogP) is 4.33. The molecule has 1 N–H and O–H groups in total. The van der Waals surface area contributed by atoms with Crippen molar-refractivity contribution in [3.8, 4) is 11.5 Å². The van der Waals surface area contributed by atoms with Crippen molar-refractivity contribution in [2.45, 2.75) is 59.4 Å². The number of carbonyl (C=O) groups is 1. The monoisotopic (exact) mass is 337 g/mol. The number of carbonyl (C=O) groups excluding carboxylic acids is 1. The van der Waals surface area contributed by atoms with E-state index in [0.717, 1.165) is 29.9 Å². The molecule has 0 aliphatic heterocycles. The molecule has 1 aromatic carbocycles. The maximum absolute atomic E-state index is 11.7. The lowest BCUT2D eigenvalue weighted by Crippen LogP contribution is -2.41. The van der Waals surface area contributed by atoms with Gasteiger partial charge in [0.1, 0.15) is 0 Å². The topological polar surface area (TPSA) is 56.8 Å². The third kappa shape index (κ3) is 8.09. The molecule has 0 aliphatic rings. The third-order valence-corrected chi connectivity index (χ3v) is 3.03. The number of nitrogens with one attached hydrogen (secondary N) is 1. The third-order valence-electron chi connectivity index (χ3n) is 3.03. The number of amides is 1. The first-order chi connectivity index (χ1) is 11.4. The number of alkyl carbamates (subject to hydrolysis) is 1. The molecule has 0 heterocycles. The van der Waals surface area contributed by atoms with Crippen LogP contribution in [-0.4, -0.2) is 31.5 Å². The standard InChI is InChI=1S/C19H31NO4/c1-6-11-22-16-9-8-15(14-17(16)23-12-7-2)10-13-24-18(21)20-19(3,4)5/h8-9,14H,6-7,10-13H2,1-5H3,(H,20,21). The molecular formula is C19H31NO4. The van der Waals surface area contributed by atoms with E-state index in [4.69, 9.17) is 14.2 Å². The zero-order chi connectivity index (χ0) is 18.0. The van der Waals surface area contributed by atoms with E-state index >= 15 is 0 Å². The second kappa shape index (κ2) is 10.1. The van der Waals surface area contributed by atoms with E-state index in [1.54, 1.807) is 0 Å². The van der Waals surface area contributed by atoms with Crippen LogP contribution in [0.4, 0.5) is 4.79 Å². The molecule has 24 heavy (non-hydrogen) atoms. The van der Waals surface area contributed by atoms with Gasteiger partial charge in [-0.15, -0.1) is 0 Å². The Balaban J connectivity index is 2.59. The molecule has 0 fully saturated rings. The zero-order valence-electron chi connectivity index (χ0n) is 15.6. The molecule has 0 bridgehead atoms. The summed E-state index contributed by atoms with van der Waals surface area (Å²) in [6.45, 7) is 11.5. The van der Waals surface area contributed by atoms with Gasteiger partial charge in [0.15, 0.2) is 11.5 Å². The summed E-state index contributed by atoms with van der Waals surface area (Å²) in [5.41, 5.74) is 0.754. The Morgan fingerprint density at radius 2 is 1.62 bits per heavy atom. The van der Waals surface area contributed by atoms with E-state index in [1.807, 2.05) is 39.0 Å². The van der Waals surface area contributed by atoms with Gasteiger partial charge in [-0.2, -0.15) is 0 Å². The Morgan fingerprint density at radius 3 is 2.21 bits per heavy atom. The van der Waals surface area contributed by atoms with E-state index in [-0.39, 0.29) is 5.54 Å². The summed E-state index contributed by atoms with van der Waals surface area (Å²) >= 11 is 0. The number of rotatable bonds is 9. The van der Waals surface area contributed by atoms with E-state index < -0.39 is 6.09 Å². The molecule has 0 spiro atoms. The molecule has 1 amide bonds. The first-order valence-electron chi connectivity index (χ1n) is 8.69. The van der Waals surface area contributed by atoms with Crippen LogP contribution in [-0.2, 0) is 11.2 Å². The summed E-state index contributed by atoms with van der Waals surface area (Å²) in [5.74, 6) is 1.52. The zero-order valence-corrected chi connectivity index (χ0v) is 15.6. The molecule has 1 aromatic rings. The smallest absolute Gasteiger partial charge is 0.407 e. The van der Waals surface area contributed by atoms with Crippen LogP contribution in [0.5, 0.6) is 11.5 Å². The van der Waals surface area contributed by atoms with Crippen LogP contribution in [0.15, 0.2) is 18.2 Å². The van der Waals surface area contributed by atoms with Crippen molar-refractivity contribution in [3.05, 3.63) is 23.8 Å². The Bertz CT molecular complexity index is 509. The molecule has 1 rings (SSSR count). The minimum absolute atomic E-state index is 0.295. The van der Waals surface area contributed by atoms with Crippen molar-refractivity contribution < 1.29 is 19.0 Å². The number of benzene rings is 1. The van der Waals surface area contributed by atoms with E-state index in [9.17, 15) is 4.79 Å². The molecule has 0 radical (unpaired) electrons. The van der Waals surface area contributed by atoms with Gasteiger partial charge in [0.05, 0.1) is 19.8 Å². The van der Waals surface area contributed by atoms with Crippen LogP contribution in [0.2, 0.25) is 0 Å². The van der Waals surface area contributed by atoms with E-state index in [0.29, 0.717) is 26.2 Å². The fourth-order valence-corrected chi connectivity index (χ4v) is 1.97. The summed E-state index contributed by atoms with van der Waals surface area (Å²) in [7, 11) is 0. The molecule has 0 aliphatic carbocycles. The van der Waals surface area contributed by atoms with Gasteiger partial charge in [0, 0.05) is 12.0 Å². The van der Waals surface area contributed by atoms with Crippen LogP contribution in [0.25, 0.3) is 0 Å². The minimum atomic E-state index is -0.396. The van der Waals surface area contributed by atoms with Crippen LogP contribution in [0.3, 0.4) is 0 Å². The van der Waals surface area contributed by atoms with Crippen LogP contribution in [0, 0.1) is 0 Å². The normalized spacial score (nSPS) is 11.0. The van der Waals surface area contributed by atoms with Gasteiger partial charge < -0.3 is 19.5 Å². The van der Waals surface area contributed by atoms with Gasteiger partial charge in [-0.3, -0.25) is 0 Å². The lowest BCUT2D eigenvalue weighted by atomic mass is 10.1. The molecular weight excluding hydrogens is 306 g/mol. The molecule has 136 valence electrons. The van der Waals surface area contributed by atoms with Gasteiger partial charge >= 0.3 is 6.09 Å². The molecule has 0 unspecified atom stereocenters. The summed E-state index contributed by atoms with van der Waals surface area (Å²) in [6.07, 6.45) is 2.13. The van der Waals surface area contributed by atoms with Crippen LogP contribution >= 0.6 is 0 Å². The second-order valence-corrected chi connectivity index (χ2v) is 6.74. The molecule has 0 saturated carbocycles. The maximum Gasteiger partial charge on any atom is 0.407 e. The average molecular weight is 337 g/mol. The molecule has 0 saturated heterocycles. The van der Waals surface area contributed by atoms with Crippen LogP contribution in [0.1, 0.15) is 53.0 Å². The second-order valence-electron chi connectivity index (χ2n) is 6.74. The molecule has 0 aromatic heterocycles. The molecule has 0 atom stereocenters. The first kappa shape index (κ1) is 20.1. The van der Waals surface area contributed by atoms with E-state index in [2.05, 4.69) is 19.2 Å². The summed E-state index contributed by atoms with van der Waals surface area (Å²) in [5, 5.41) is 2.77. The van der Waals surface area contributed by atoms with Crippen molar-refractivity contribution in [3.63, 3.8) is 0 Å².